The summed E-state index contributed by atoms with van der Waals surface area (Å²) in [5.41, 5.74) is 1.27. The van der Waals surface area contributed by atoms with Crippen LogP contribution in [0.5, 0.6) is 0 Å². The number of carbonyl (C=O) groups is 1. The highest BCUT2D eigenvalue weighted by atomic mass is 16.5. The second-order valence-corrected chi connectivity index (χ2v) is 4.47. The van der Waals surface area contributed by atoms with Crippen LogP contribution in [0.2, 0.25) is 0 Å². The van der Waals surface area contributed by atoms with Gasteiger partial charge in [0, 0.05) is 6.42 Å². The van der Waals surface area contributed by atoms with E-state index in [-0.39, 0.29) is 11.9 Å². The van der Waals surface area contributed by atoms with Gasteiger partial charge < -0.3 is 4.74 Å². The van der Waals surface area contributed by atoms with E-state index in [9.17, 15) is 4.79 Å². The van der Waals surface area contributed by atoms with Crippen LogP contribution in [-0.2, 0) is 16.0 Å². The van der Waals surface area contributed by atoms with Gasteiger partial charge in [0.1, 0.15) is 0 Å². The topological polar surface area (TPSA) is 26.3 Å². The van der Waals surface area contributed by atoms with Gasteiger partial charge >= 0.3 is 5.97 Å². The standard InChI is InChI=1S/C15H21O2/c1-4-17-15(16)11-14(12(2)3)10-13-8-6-5-7-9-13/h5-9,14H,4,10-11H2,1-3H3. The number of hydrogen-bond acceptors (Lipinski definition) is 2. The molecule has 0 aliphatic heterocycles. The number of hydrogen-bond donors (Lipinski definition) is 0. The minimum Gasteiger partial charge on any atom is -0.466 e. The van der Waals surface area contributed by atoms with E-state index in [0.29, 0.717) is 13.0 Å². The number of benzene rings is 1. The van der Waals surface area contributed by atoms with E-state index in [1.807, 2.05) is 25.1 Å². The van der Waals surface area contributed by atoms with Gasteiger partial charge in [-0.1, -0.05) is 44.2 Å². The molecular weight excluding hydrogens is 212 g/mol. The normalized spacial score (nSPS) is 12.5. The van der Waals surface area contributed by atoms with Crippen LogP contribution in [-0.4, -0.2) is 12.6 Å². The molecule has 2 heteroatoms. The Morgan fingerprint density at radius 1 is 1.24 bits per heavy atom. The van der Waals surface area contributed by atoms with Crippen molar-refractivity contribution < 1.29 is 9.53 Å². The largest absolute Gasteiger partial charge is 0.466 e. The van der Waals surface area contributed by atoms with Crippen LogP contribution in [0.4, 0.5) is 0 Å². The average molecular weight is 233 g/mol. The zero-order valence-corrected chi connectivity index (χ0v) is 10.9. The molecule has 17 heavy (non-hydrogen) atoms. The molecule has 0 heterocycles. The number of rotatable bonds is 6. The van der Waals surface area contributed by atoms with Gasteiger partial charge in [-0.3, -0.25) is 4.79 Å². The van der Waals surface area contributed by atoms with Crippen LogP contribution < -0.4 is 0 Å². The first-order valence-corrected chi connectivity index (χ1v) is 6.13. The summed E-state index contributed by atoms with van der Waals surface area (Å²) in [4.78, 5) is 11.5. The van der Waals surface area contributed by atoms with Gasteiger partial charge in [0.2, 0.25) is 0 Å². The first-order valence-electron chi connectivity index (χ1n) is 6.13. The minimum atomic E-state index is -0.102. The Balaban J connectivity index is 2.58. The molecule has 0 spiro atoms. The highest BCUT2D eigenvalue weighted by Gasteiger charge is 2.19. The Hall–Kier alpha value is -1.31. The van der Waals surface area contributed by atoms with Gasteiger partial charge in [-0.15, -0.1) is 0 Å². The first kappa shape index (κ1) is 13.8. The molecule has 1 atom stereocenters. The monoisotopic (exact) mass is 233 g/mol. The Morgan fingerprint density at radius 2 is 1.88 bits per heavy atom. The summed E-state index contributed by atoms with van der Waals surface area (Å²) in [7, 11) is 0. The van der Waals surface area contributed by atoms with Crippen molar-refractivity contribution in [3.8, 4) is 0 Å². The lowest BCUT2D eigenvalue weighted by atomic mass is 9.86. The van der Waals surface area contributed by atoms with Crippen molar-refractivity contribution in [2.24, 2.45) is 5.92 Å². The van der Waals surface area contributed by atoms with Crippen LogP contribution in [0.15, 0.2) is 30.3 Å². The number of carbonyl (C=O) groups excluding carboxylic acids is 1. The quantitative estimate of drug-likeness (QED) is 0.704. The molecule has 0 N–H and O–H groups in total. The molecule has 0 amide bonds. The predicted molar refractivity (Wildman–Crippen MR) is 69.5 cm³/mol. The molecule has 0 bridgehead atoms. The lowest BCUT2D eigenvalue weighted by molar-refractivity contribution is -0.144. The van der Waals surface area contributed by atoms with E-state index < -0.39 is 0 Å². The molecular formula is C15H21O2. The van der Waals surface area contributed by atoms with E-state index in [0.717, 1.165) is 6.42 Å². The molecule has 2 nitrogen and oxygen atoms in total. The third kappa shape index (κ3) is 5.03. The summed E-state index contributed by atoms with van der Waals surface area (Å²) in [5, 5.41) is 0. The summed E-state index contributed by atoms with van der Waals surface area (Å²) in [6, 6.07) is 10.3. The Labute approximate surface area is 104 Å². The second-order valence-electron chi connectivity index (χ2n) is 4.47. The Kier molecular flexibility index (Phi) is 5.75. The summed E-state index contributed by atoms with van der Waals surface area (Å²) in [6.07, 6.45) is 1.38. The highest BCUT2D eigenvalue weighted by molar-refractivity contribution is 5.70. The molecule has 0 aromatic heterocycles. The molecule has 1 rings (SSSR count). The summed E-state index contributed by atoms with van der Waals surface area (Å²) >= 11 is 0. The van der Waals surface area contributed by atoms with E-state index in [2.05, 4.69) is 26.0 Å². The maximum Gasteiger partial charge on any atom is 0.306 e. The molecule has 1 aromatic carbocycles. The summed E-state index contributed by atoms with van der Waals surface area (Å²) in [6.45, 7) is 6.45. The lowest BCUT2D eigenvalue weighted by Crippen LogP contribution is -2.17. The lowest BCUT2D eigenvalue weighted by Gasteiger charge is -2.19. The van der Waals surface area contributed by atoms with Crippen molar-refractivity contribution in [1.82, 2.24) is 0 Å². The third-order valence-electron chi connectivity index (χ3n) is 2.86. The predicted octanol–water partition coefficient (Wildman–Crippen LogP) is 3.41. The summed E-state index contributed by atoms with van der Waals surface area (Å²) in [5.74, 6) is 1.45. The number of ether oxygens (including phenoxy) is 1. The Morgan fingerprint density at radius 3 is 2.41 bits per heavy atom. The molecule has 93 valence electrons. The molecule has 0 aliphatic rings. The summed E-state index contributed by atoms with van der Waals surface area (Å²) < 4.78 is 5.01. The highest BCUT2D eigenvalue weighted by Crippen LogP contribution is 2.22. The zero-order chi connectivity index (χ0) is 12.7. The van der Waals surface area contributed by atoms with Crippen LogP contribution in [0.3, 0.4) is 0 Å². The van der Waals surface area contributed by atoms with Crippen molar-refractivity contribution in [1.29, 1.82) is 0 Å². The van der Waals surface area contributed by atoms with Gasteiger partial charge in [0.05, 0.1) is 6.61 Å². The van der Waals surface area contributed by atoms with E-state index >= 15 is 0 Å². The molecule has 0 fully saturated rings. The second kappa shape index (κ2) is 7.10. The van der Waals surface area contributed by atoms with Crippen molar-refractivity contribution in [2.45, 2.75) is 33.6 Å². The molecule has 1 radical (unpaired) electrons. The maximum atomic E-state index is 11.5. The fourth-order valence-corrected chi connectivity index (χ4v) is 1.80. The van der Waals surface area contributed by atoms with Crippen LogP contribution in [0.25, 0.3) is 0 Å². The van der Waals surface area contributed by atoms with E-state index in [4.69, 9.17) is 4.74 Å². The van der Waals surface area contributed by atoms with Gasteiger partial charge in [0.15, 0.2) is 0 Å². The smallest absolute Gasteiger partial charge is 0.306 e. The van der Waals surface area contributed by atoms with Crippen molar-refractivity contribution in [3.05, 3.63) is 41.8 Å². The molecule has 0 saturated heterocycles. The average Bonchev–Trinajstić information content (AvgIpc) is 2.29. The molecule has 1 aromatic rings. The van der Waals surface area contributed by atoms with Crippen molar-refractivity contribution in [3.63, 3.8) is 0 Å². The van der Waals surface area contributed by atoms with Crippen molar-refractivity contribution >= 4 is 5.97 Å². The molecule has 0 saturated carbocycles. The third-order valence-corrected chi connectivity index (χ3v) is 2.86. The minimum absolute atomic E-state index is 0.102. The fraction of sp³-hybridized carbons (Fsp3) is 0.467. The van der Waals surface area contributed by atoms with E-state index in [1.165, 1.54) is 11.5 Å². The molecule has 0 aliphatic carbocycles. The van der Waals surface area contributed by atoms with E-state index in [1.54, 1.807) is 0 Å². The van der Waals surface area contributed by atoms with Crippen LogP contribution in [0, 0.1) is 11.8 Å². The Bertz CT molecular complexity index is 330. The molecule has 1 unspecified atom stereocenters. The van der Waals surface area contributed by atoms with Gasteiger partial charge in [-0.2, -0.15) is 0 Å². The first-order chi connectivity index (χ1) is 8.13. The van der Waals surface area contributed by atoms with Gasteiger partial charge in [-0.05, 0) is 30.7 Å². The van der Waals surface area contributed by atoms with Crippen LogP contribution >= 0.6 is 0 Å². The van der Waals surface area contributed by atoms with Crippen LogP contribution in [0.1, 0.15) is 32.8 Å². The van der Waals surface area contributed by atoms with Crippen molar-refractivity contribution in [2.75, 3.05) is 6.61 Å². The SMILES string of the molecule is CCOC(=O)CC(Cc1ccccc1)[C](C)C. The number of esters is 1. The zero-order valence-electron chi connectivity index (χ0n) is 10.9. The van der Waals surface area contributed by atoms with Gasteiger partial charge in [0.25, 0.3) is 0 Å². The fourth-order valence-electron chi connectivity index (χ4n) is 1.80. The van der Waals surface area contributed by atoms with Gasteiger partial charge in [-0.25, -0.2) is 0 Å². The maximum absolute atomic E-state index is 11.5.